The lowest BCUT2D eigenvalue weighted by molar-refractivity contribution is -0.127. The quantitative estimate of drug-likeness (QED) is 0.850. The third-order valence-electron chi connectivity index (χ3n) is 4.10. The van der Waals surface area contributed by atoms with Crippen LogP contribution in [-0.4, -0.2) is 45.8 Å². The van der Waals surface area contributed by atoms with Crippen molar-refractivity contribution in [1.82, 2.24) is 20.2 Å². The zero-order valence-electron chi connectivity index (χ0n) is 13.3. The molecule has 122 valence electrons. The molecule has 6 heteroatoms. The van der Waals surface area contributed by atoms with Crippen LogP contribution in [0.2, 0.25) is 0 Å². The molecule has 0 unspecified atom stereocenters. The van der Waals surface area contributed by atoms with Gasteiger partial charge in [-0.25, -0.2) is 4.98 Å². The largest absolute Gasteiger partial charge is 0.351 e. The Kier molecular flexibility index (Phi) is 4.60. The minimum Gasteiger partial charge on any atom is -0.351 e. The van der Waals surface area contributed by atoms with Gasteiger partial charge >= 0.3 is 0 Å². The molecule has 1 atom stereocenters. The predicted octanol–water partition coefficient (Wildman–Crippen LogP) is 1.62. The minimum absolute atomic E-state index is 0.0263. The molecule has 3 rings (SSSR count). The number of hydrogen-bond donors (Lipinski definition) is 2. The number of nitrogens with one attached hydrogen (secondary N) is 2. The summed E-state index contributed by atoms with van der Waals surface area (Å²) < 4.78 is 0. The number of aromatic amines is 1. The summed E-state index contributed by atoms with van der Waals surface area (Å²) in [6.45, 7) is 3.44. The van der Waals surface area contributed by atoms with Crippen LogP contribution in [0.1, 0.15) is 32.0 Å². The van der Waals surface area contributed by atoms with E-state index in [0.717, 1.165) is 29.8 Å². The molecule has 1 fully saturated rings. The Bertz CT molecular complexity index is 676. The van der Waals surface area contributed by atoms with Crippen LogP contribution in [0, 0.1) is 0 Å². The van der Waals surface area contributed by atoms with Crippen LogP contribution < -0.4 is 5.32 Å². The second-order valence-corrected chi connectivity index (χ2v) is 6.01. The monoisotopic (exact) mass is 314 g/mol. The smallest absolute Gasteiger partial charge is 0.224 e. The molecule has 1 aromatic carbocycles. The van der Waals surface area contributed by atoms with Crippen molar-refractivity contribution in [2.45, 2.75) is 38.6 Å². The lowest BCUT2D eigenvalue weighted by Gasteiger charge is -2.15. The number of fused-ring (bicyclic) bond motifs is 1. The Morgan fingerprint density at radius 1 is 1.43 bits per heavy atom. The van der Waals surface area contributed by atoms with E-state index in [1.807, 2.05) is 36.1 Å². The Morgan fingerprint density at radius 3 is 3.04 bits per heavy atom. The number of aromatic nitrogens is 2. The van der Waals surface area contributed by atoms with Crippen LogP contribution in [-0.2, 0) is 16.0 Å². The second kappa shape index (κ2) is 6.81. The van der Waals surface area contributed by atoms with Crippen molar-refractivity contribution >= 4 is 22.8 Å². The van der Waals surface area contributed by atoms with Crippen LogP contribution in [0.15, 0.2) is 24.3 Å². The minimum atomic E-state index is -0.0581. The summed E-state index contributed by atoms with van der Waals surface area (Å²) in [6, 6.07) is 7.76. The van der Waals surface area contributed by atoms with Gasteiger partial charge < -0.3 is 15.2 Å². The van der Waals surface area contributed by atoms with Gasteiger partial charge in [0.25, 0.3) is 0 Å². The Balaban J connectivity index is 1.49. The van der Waals surface area contributed by atoms with Gasteiger partial charge in [0.15, 0.2) is 0 Å². The molecule has 1 aromatic heterocycles. The lowest BCUT2D eigenvalue weighted by Crippen LogP contribution is -2.37. The maximum absolute atomic E-state index is 12.1. The number of hydrogen-bond acceptors (Lipinski definition) is 3. The summed E-state index contributed by atoms with van der Waals surface area (Å²) in [6.07, 6.45) is 2.30. The maximum Gasteiger partial charge on any atom is 0.224 e. The number of benzene rings is 1. The standard InChI is InChI=1S/C17H22N4O2/c1-2-9-21-11-12(10-17(21)23)18-16(22)8-7-15-19-13-5-3-4-6-14(13)20-15/h3-6,12H,2,7-11H2,1H3,(H,18,22)(H,19,20)/t12-/m1/s1. The molecular weight excluding hydrogens is 292 g/mol. The normalized spacial score (nSPS) is 17.9. The number of likely N-dealkylation sites (tertiary alicyclic amines) is 1. The van der Waals surface area contributed by atoms with E-state index in [9.17, 15) is 9.59 Å². The molecule has 0 spiro atoms. The molecule has 1 aliphatic heterocycles. The highest BCUT2D eigenvalue weighted by Gasteiger charge is 2.29. The van der Waals surface area contributed by atoms with Gasteiger partial charge in [-0.2, -0.15) is 0 Å². The van der Waals surface area contributed by atoms with E-state index in [-0.39, 0.29) is 17.9 Å². The van der Waals surface area contributed by atoms with E-state index >= 15 is 0 Å². The predicted molar refractivity (Wildman–Crippen MR) is 87.8 cm³/mol. The Labute approximate surface area is 135 Å². The molecule has 1 saturated heterocycles. The first kappa shape index (κ1) is 15.5. The summed E-state index contributed by atoms with van der Waals surface area (Å²) in [5.74, 6) is 0.924. The van der Waals surface area contributed by atoms with Crippen LogP contribution in [0.3, 0.4) is 0 Å². The fourth-order valence-corrected chi connectivity index (χ4v) is 3.01. The summed E-state index contributed by atoms with van der Waals surface area (Å²) in [5, 5.41) is 2.96. The van der Waals surface area contributed by atoms with Gasteiger partial charge in [-0.15, -0.1) is 0 Å². The highest BCUT2D eigenvalue weighted by molar-refractivity contribution is 5.82. The topological polar surface area (TPSA) is 78.1 Å². The maximum atomic E-state index is 12.1. The Hall–Kier alpha value is -2.37. The molecule has 0 radical (unpaired) electrons. The Morgan fingerprint density at radius 2 is 2.26 bits per heavy atom. The number of aryl methyl sites for hydroxylation is 1. The summed E-state index contributed by atoms with van der Waals surface area (Å²) >= 11 is 0. The van der Waals surface area contributed by atoms with Crippen LogP contribution in [0.25, 0.3) is 11.0 Å². The number of carbonyl (C=O) groups excluding carboxylic acids is 2. The first-order valence-corrected chi connectivity index (χ1v) is 8.16. The molecule has 0 saturated carbocycles. The lowest BCUT2D eigenvalue weighted by atomic mass is 10.2. The second-order valence-electron chi connectivity index (χ2n) is 6.01. The molecule has 2 N–H and O–H groups in total. The number of imidazole rings is 1. The number of carbonyl (C=O) groups is 2. The zero-order valence-corrected chi connectivity index (χ0v) is 13.3. The van der Waals surface area contributed by atoms with E-state index < -0.39 is 0 Å². The molecule has 2 amide bonds. The van der Waals surface area contributed by atoms with E-state index in [1.54, 1.807) is 0 Å². The molecule has 2 heterocycles. The van der Waals surface area contributed by atoms with E-state index in [1.165, 1.54) is 0 Å². The molecule has 0 bridgehead atoms. The summed E-state index contributed by atoms with van der Waals surface area (Å²) in [4.78, 5) is 33.4. The molecular formula is C17H22N4O2. The highest BCUT2D eigenvalue weighted by atomic mass is 16.2. The summed E-state index contributed by atoms with van der Waals surface area (Å²) in [5.41, 5.74) is 1.90. The number of amides is 2. The first-order chi connectivity index (χ1) is 11.2. The average Bonchev–Trinajstić information content (AvgIpc) is 3.09. The van der Waals surface area contributed by atoms with Gasteiger partial charge in [0, 0.05) is 32.4 Å². The van der Waals surface area contributed by atoms with Gasteiger partial charge in [-0.1, -0.05) is 19.1 Å². The molecule has 2 aromatic rings. The number of nitrogens with zero attached hydrogens (tertiary/aromatic N) is 2. The fourth-order valence-electron chi connectivity index (χ4n) is 3.01. The third-order valence-corrected chi connectivity index (χ3v) is 4.10. The van der Waals surface area contributed by atoms with E-state index in [2.05, 4.69) is 15.3 Å². The van der Waals surface area contributed by atoms with E-state index in [0.29, 0.717) is 25.8 Å². The van der Waals surface area contributed by atoms with Crippen molar-refractivity contribution in [2.75, 3.05) is 13.1 Å². The average molecular weight is 314 g/mol. The van der Waals surface area contributed by atoms with Gasteiger partial charge in [0.1, 0.15) is 5.82 Å². The van der Waals surface area contributed by atoms with Gasteiger partial charge in [0.2, 0.25) is 11.8 Å². The molecule has 6 nitrogen and oxygen atoms in total. The van der Waals surface area contributed by atoms with Crippen LogP contribution >= 0.6 is 0 Å². The fraction of sp³-hybridized carbons (Fsp3) is 0.471. The summed E-state index contributed by atoms with van der Waals surface area (Å²) in [7, 11) is 0. The molecule has 0 aliphatic carbocycles. The van der Waals surface area contributed by atoms with Crippen molar-refractivity contribution < 1.29 is 9.59 Å². The first-order valence-electron chi connectivity index (χ1n) is 8.16. The van der Waals surface area contributed by atoms with Gasteiger partial charge in [-0.05, 0) is 18.6 Å². The SMILES string of the molecule is CCCN1C[C@H](NC(=O)CCc2nc3ccccc3[nH]2)CC1=O. The van der Waals surface area contributed by atoms with Crippen molar-refractivity contribution in [1.29, 1.82) is 0 Å². The van der Waals surface area contributed by atoms with Crippen molar-refractivity contribution in [3.05, 3.63) is 30.1 Å². The van der Waals surface area contributed by atoms with Crippen molar-refractivity contribution in [2.24, 2.45) is 0 Å². The number of rotatable bonds is 6. The zero-order chi connectivity index (χ0) is 16.2. The van der Waals surface area contributed by atoms with Crippen LogP contribution in [0.5, 0.6) is 0 Å². The van der Waals surface area contributed by atoms with Crippen molar-refractivity contribution in [3.63, 3.8) is 0 Å². The van der Waals surface area contributed by atoms with Gasteiger partial charge in [-0.3, -0.25) is 9.59 Å². The van der Waals surface area contributed by atoms with Crippen LogP contribution in [0.4, 0.5) is 0 Å². The number of H-pyrrole nitrogens is 1. The molecule has 1 aliphatic rings. The number of para-hydroxylation sites is 2. The molecule has 23 heavy (non-hydrogen) atoms. The van der Waals surface area contributed by atoms with E-state index in [4.69, 9.17) is 0 Å². The highest BCUT2D eigenvalue weighted by Crippen LogP contribution is 2.13. The third kappa shape index (κ3) is 3.70. The van der Waals surface area contributed by atoms with Crippen molar-refractivity contribution in [3.8, 4) is 0 Å². The van der Waals surface area contributed by atoms with Gasteiger partial charge in [0.05, 0.1) is 17.1 Å².